The Balaban J connectivity index is 0.00000280. The summed E-state index contributed by atoms with van der Waals surface area (Å²) in [4.78, 5) is 29.2. The zero-order valence-electron chi connectivity index (χ0n) is 16.0. The first-order valence-electron chi connectivity index (χ1n) is 8.76. The Bertz CT molecular complexity index is 969. The zero-order valence-corrected chi connectivity index (χ0v) is 18.6. The van der Waals surface area contributed by atoms with E-state index >= 15 is 0 Å². The van der Waals surface area contributed by atoms with E-state index in [4.69, 9.17) is 4.74 Å². The van der Waals surface area contributed by atoms with Gasteiger partial charge >= 0.3 is 0 Å². The van der Waals surface area contributed by atoms with E-state index in [1.54, 1.807) is 31.4 Å². The van der Waals surface area contributed by atoms with Gasteiger partial charge in [-0.25, -0.2) is 4.98 Å². The molecule has 0 saturated carbocycles. The van der Waals surface area contributed by atoms with Crippen molar-refractivity contribution >= 4 is 50.7 Å². The molecular weight excluding hydrogens is 440 g/mol. The van der Waals surface area contributed by atoms with Gasteiger partial charge in [-0.1, -0.05) is 23.9 Å². The van der Waals surface area contributed by atoms with Gasteiger partial charge in [0.2, 0.25) is 0 Å². The number of ether oxygens (including phenoxy) is 1. The van der Waals surface area contributed by atoms with E-state index in [1.807, 2.05) is 38.1 Å². The number of nitrogens with zero attached hydrogens (tertiary/aromatic N) is 2. The van der Waals surface area contributed by atoms with Gasteiger partial charge in [0.1, 0.15) is 11.6 Å². The van der Waals surface area contributed by atoms with Crippen molar-refractivity contribution in [2.45, 2.75) is 26.3 Å². The highest BCUT2D eigenvalue weighted by Gasteiger charge is 2.17. The van der Waals surface area contributed by atoms with Crippen molar-refractivity contribution in [3.63, 3.8) is 0 Å². The lowest BCUT2D eigenvalue weighted by Gasteiger charge is -2.15. The fraction of sp³-hybridized carbons (Fsp3) is 0.286. The normalized spacial score (nSPS) is 11.7. The number of Topliss-reactive ketones (excluding diaryl/α,β-unsaturated/α-hetero) is 1. The molecule has 1 heterocycles. The average molecular weight is 463 g/mol. The molecule has 1 atom stereocenters. The Morgan fingerprint density at radius 2 is 1.82 bits per heavy atom. The van der Waals surface area contributed by atoms with Crippen LogP contribution >= 0.6 is 28.7 Å². The molecule has 1 aromatic heterocycles. The Kier molecular flexibility index (Phi) is 7.83. The van der Waals surface area contributed by atoms with Crippen molar-refractivity contribution in [1.29, 1.82) is 0 Å². The molecule has 28 heavy (non-hydrogen) atoms. The van der Waals surface area contributed by atoms with Crippen LogP contribution in [0.1, 0.15) is 35.6 Å². The second-order valence-corrected chi connectivity index (χ2v) is 7.42. The number of imidazole rings is 1. The van der Waals surface area contributed by atoms with Crippen LogP contribution in [-0.2, 0) is 4.79 Å². The van der Waals surface area contributed by atoms with Gasteiger partial charge in [0.05, 0.1) is 23.9 Å². The topological polar surface area (TPSA) is 61.2 Å². The SMILES string of the molecule is Br.COc1ccc(C(=O)CSC(=O)CC(C)n2c(C)nc3ccccc32)cc1. The third-order valence-corrected chi connectivity index (χ3v) is 5.35. The second-order valence-electron chi connectivity index (χ2n) is 6.38. The number of halogens is 1. The molecule has 0 N–H and O–H groups in total. The van der Waals surface area contributed by atoms with Gasteiger partial charge in [0, 0.05) is 18.0 Å². The van der Waals surface area contributed by atoms with Crippen LogP contribution in [0.4, 0.5) is 0 Å². The van der Waals surface area contributed by atoms with Gasteiger partial charge in [-0.15, -0.1) is 17.0 Å². The number of ketones is 1. The minimum absolute atomic E-state index is 0. The number of rotatable bonds is 7. The summed E-state index contributed by atoms with van der Waals surface area (Å²) in [7, 11) is 1.58. The van der Waals surface area contributed by atoms with Gasteiger partial charge in [-0.3, -0.25) is 9.59 Å². The lowest BCUT2D eigenvalue weighted by atomic mass is 10.1. The molecule has 0 aliphatic heterocycles. The molecule has 0 saturated heterocycles. The summed E-state index contributed by atoms with van der Waals surface area (Å²) in [6, 6.07) is 14.8. The second kappa shape index (κ2) is 9.89. The Morgan fingerprint density at radius 1 is 1.14 bits per heavy atom. The van der Waals surface area contributed by atoms with Crippen LogP contribution < -0.4 is 4.74 Å². The van der Waals surface area contributed by atoms with Crippen molar-refractivity contribution in [3.05, 3.63) is 59.9 Å². The number of fused-ring (bicyclic) bond motifs is 1. The highest BCUT2D eigenvalue weighted by molar-refractivity contribution is 8.93. The lowest BCUT2D eigenvalue weighted by molar-refractivity contribution is -0.111. The first-order valence-corrected chi connectivity index (χ1v) is 9.74. The van der Waals surface area contributed by atoms with E-state index < -0.39 is 0 Å². The van der Waals surface area contributed by atoms with E-state index in [9.17, 15) is 9.59 Å². The van der Waals surface area contributed by atoms with E-state index in [0.717, 1.165) is 28.6 Å². The number of carbonyl (C=O) groups is 2. The van der Waals surface area contributed by atoms with Crippen molar-refractivity contribution in [2.24, 2.45) is 0 Å². The summed E-state index contributed by atoms with van der Waals surface area (Å²) in [5, 5.41) is 0.00143. The maximum atomic E-state index is 12.4. The number of hydrogen-bond donors (Lipinski definition) is 0. The molecule has 0 bridgehead atoms. The van der Waals surface area contributed by atoms with Crippen molar-refractivity contribution < 1.29 is 14.3 Å². The minimum atomic E-state index is -0.0621. The predicted molar refractivity (Wildman–Crippen MR) is 119 cm³/mol. The van der Waals surface area contributed by atoms with Crippen LogP contribution in [-0.4, -0.2) is 33.3 Å². The molecule has 3 aromatic rings. The van der Waals surface area contributed by atoms with Gasteiger partial charge in [-0.2, -0.15) is 0 Å². The molecule has 148 valence electrons. The molecule has 0 radical (unpaired) electrons. The molecule has 7 heteroatoms. The number of aromatic nitrogens is 2. The molecule has 3 rings (SSSR count). The number of thioether (sulfide) groups is 1. The summed E-state index contributed by atoms with van der Waals surface area (Å²) in [6.07, 6.45) is 0.349. The fourth-order valence-corrected chi connectivity index (χ4v) is 3.94. The summed E-state index contributed by atoms with van der Waals surface area (Å²) in [5.41, 5.74) is 2.53. The summed E-state index contributed by atoms with van der Waals surface area (Å²) >= 11 is 1.07. The van der Waals surface area contributed by atoms with E-state index in [2.05, 4.69) is 9.55 Å². The third kappa shape index (κ3) is 5.02. The summed E-state index contributed by atoms with van der Waals surface area (Å²) in [5.74, 6) is 1.66. The molecule has 0 aliphatic rings. The molecule has 1 unspecified atom stereocenters. The van der Waals surface area contributed by atoms with Crippen molar-refractivity contribution in [2.75, 3.05) is 12.9 Å². The van der Waals surface area contributed by atoms with Crippen LogP contribution in [0.5, 0.6) is 5.75 Å². The smallest absolute Gasteiger partial charge is 0.191 e. The number of benzene rings is 2. The molecule has 2 aromatic carbocycles. The van der Waals surface area contributed by atoms with Crippen LogP contribution in [0.25, 0.3) is 11.0 Å². The number of hydrogen-bond acceptors (Lipinski definition) is 5. The number of methoxy groups -OCH3 is 1. The van der Waals surface area contributed by atoms with E-state index in [0.29, 0.717) is 17.7 Å². The van der Waals surface area contributed by atoms with Crippen molar-refractivity contribution in [1.82, 2.24) is 9.55 Å². The zero-order chi connectivity index (χ0) is 19.4. The van der Waals surface area contributed by atoms with Crippen molar-refractivity contribution in [3.8, 4) is 5.75 Å². The Hall–Kier alpha value is -2.12. The van der Waals surface area contributed by atoms with Crippen LogP contribution in [0.2, 0.25) is 0 Å². The number of para-hydroxylation sites is 2. The lowest BCUT2D eigenvalue weighted by Crippen LogP contribution is -2.12. The molecule has 5 nitrogen and oxygen atoms in total. The first-order chi connectivity index (χ1) is 13.0. The van der Waals surface area contributed by atoms with Crippen LogP contribution in [0, 0.1) is 6.92 Å². The standard InChI is InChI=1S/C21H22N2O3S.BrH/c1-14(23-15(2)22-18-6-4-5-7-19(18)23)12-21(25)27-13-20(24)16-8-10-17(26-3)11-9-16;/h4-11,14H,12-13H2,1-3H3;1H. The average Bonchev–Trinajstić information content (AvgIpc) is 3.01. The van der Waals surface area contributed by atoms with Crippen LogP contribution in [0.3, 0.4) is 0 Å². The molecule has 0 fully saturated rings. The van der Waals surface area contributed by atoms with Gasteiger partial charge in [0.15, 0.2) is 10.9 Å². The fourth-order valence-electron chi connectivity index (χ4n) is 3.12. The van der Waals surface area contributed by atoms with E-state index in [1.165, 1.54) is 0 Å². The van der Waals surface area contributed by atoms with Gasteiger partial charge < -0.3 is 9.30 Å². The first kappa shape index (κ1) is 22.2. The third-order valence-electron chi connectivity index (χ3n) is 4.45. The Morgan fingerprint density at radius 3 is 2.50 bits per heavy atom. The summed E-state index contributed by atoms with van der Waals surface area (Å²) in [6.45, 7) is 3.95. The molecule has 0 aliphatic carbocycles. The van der Waals surface area contributed by atoms with Crippen LogP contribution in [0.15, 0.2) is 48.5 Å². The van der Waals surface area contributed by atoms with Gasteiger partial charge in [0.25, 0.3) is 0 Å². The molecule has 0 amide bonds. The minimum Gasteiger partial charge on any atom is -0.497 e. The summed E-state index contributed by atoms with van der Waals surface area (Å²) < 4.78 is 7.17. The quantitative estimate of drug-likeness (QED) is 0.461. The molecule has 0 spiro atoms. The number of carbonyl (C=O) groups excluding carboxylic acids is 2. The highest BCUT2D eigenvalue weighted by Crippen LogP contribution is 2.25. The van der Waals surface area contributed by atoms with Gasteiger partial charge in [-0.05, 0) is 50.2 Å². The highest BCUT2D eigenvalue weighted by atomic mass is 79.9. The van der Waals surface area contributed by atoms with E-state index in [-0.39, 0.29) is 39.7 Å². The number of aryl methyl sites for hydroxylation is 1. The predicted octanol–water partition coefficient (Wildman–Crippen LogP) is 5.03. The molecular formula is C21H23BrN2O3S. The maximum absolute atomic E-state index is 12.4. The maximum Gasteiger partial charge on any atom is 0.191 e. The largest absolute Gasteiger partial charge is 0.497 e. The monoisotopic (exact) mass is 462 g/mol. The Labute approximate surface area is 179 Å².